The minimum absolute atomic E-state index is 0.303. The van der Waals surface area contributed by atoms with Gasteiger partial charge in [0.05, 0.1) is 17.9 Å². The third-order valence-electron chi connectivity index (χ3n) is 10.4. The van der Waals surface area contributed by atoms with E-state index in [0.29, 0.717) is 12.8 Å². The Morgan fingerprint density at radius 3 is 1.00 bits per heavy atom. The number of nitrogens with one attached hydrogen (secondary N) is 1. The van der Waals surface area contributed by atoms with Gasteiger partial charge in [0.2, 0.25) is 5.91 Å². The van der Waals surface area contributed by atoms with E-state index in [9.17, 15) is 28.0 Å². The fourth-order valence-electron chi connectivity index (χ4n) is 7.05. The van der Waals surface area contributed by atoms with E-state index in [1.54, 1.807) is 0 Å². The largest absolute Gasteiger partial charge is 0.391 e. The Morgan fingerprint density at radius 1 is 0.460 bits per heavy atom. The van der Waals surface area contributed by atoms with Crippen LogP contribution in [0.3, 0.4) is 0 Å². The summed E-state index contributed by atoms with van der Waals surface area (Å²) in [7, 11) is -4.40. The second kappa shape index (κ2) is 36.6. The van der Waals surface area contributed by atoms with Crippen LogP contribution in [-0.4, -0.2) is 53.1 Å². The summed E-state index contributed by atoms with van der Waals surface area (Å²) in [4.78, 5) is 12.6. The van der Waals surface area contributed by atoms with Crippen molar-refractivity contribution in [1.82, 2.24) is 5.32 Å². The lowest BCUT2D eigenvalue weighted by molar-refractivity contribution is -0.131. The van der Waals surface area contributed by atoms with Crippen LogP contribution in [0.5, 0.6) is 0 Å². The van der Waals surface area contributed by atoms with Crippen molar-refractivity contribution in [2.45, 2.75) is 257 Å². The molecule has 0 saturated carbocycles. The average Bonchev–Trinajstić information content (AvgIpc) is 3.08. The number of unbranched alkanes of at least 4 members (excludes halogenated alkanes) is 31. The van der Waals surface area contributed by atoms with Gasteiger partial charge in [-0.1, -0.05) is 226 Å². The summed E-state index contributed by atoms with van der Waals surface area (Å²) in [6, 6.07) is -1.14. The van der Waals surface area contributed by atoms with Gasteiger partial charge in [-0.3, -0.25) is 9.35 Å². The lowest BCUT2D eigenvalue weighted by atomic mass is 10.0. The van der Waals surface area contributed by atoms with E-state index in [1.807, 2.05) is 0 Å². The molecule has 1 amide bonds. The number of carbonyl (C=O) groups is 1. The molecule has 50 heavy (non-hydrogen) atoms. The van der Waals surface area contributed by atoms with Gasteiger partial charge >= 0.3 is 0 Å². The van der Waals surface area contributed by atoms with Crippen molar-refractivity contribution in [3.8, 4) is 0 Å². The Labute approximate surface area is 311 Å². The minimum Gasteiger partial charge on any atom is -0.391 e. The summed E-state index contributed by atoms with van der Waals surface area (Å²) >= 11 is 0. The lowest BCUT2D eigenvalue weighted by Crippen LogP contribution is -2.50. The second-order valence-electron chi connectivity index (χ2n) is 15.5. The SMILES string of the molecule is CCCCCCCCCCCCCCCCCCCCCCC(O)C(CS(=O)(=O)O)NC(=O)C(O)CCCCCCCCCCCCCCC. The molecule has 3 unspecified atom stereocenters. The molecule has 0 radical (unpaired) electrons. The summed E-state index contributed by atoms with van der Waals surface area (Å²) in [5, 5.41) is 23.6. The Balaban J connectivity index is 3.89. The number of hydrogen-bond donors (Lipinski definition) is 4. The highest BCUT2D eigenvalue weighted by Gasteiger charge is 2.28. The van der Waals surface area contributed by atoms with Gasteiger partial charge in [-0.2, -0.15) is 8.42 Å². The molecule has 0 saturated heterocycles. The van der Waals surface area contributed by atoms with E-state index in [2.05, 4.69) is 19.2 Å². The molecule has 0 heterocycles. The monoisotopic (exact) mass is 732 g/mol. The Bertz CT molecular complexity index is 823. The zero-order valence-electron chi connectivity index (χ0n) is 33.2. The van der Waals surface area contributed by atoms with E-state index in [0.717, 1.165) is 44.9 Å². The molecule has 0 aliphatic heterocycles. The highest BCUT2D eigenvalue weighted by molar-refractivity contribution is 7.85. The number of hydrogen-bond acceptors (Lipinski definition) is 5. The van der Waals surface area contributed by atoms with Crippen LogP contribution >= 0.6 is 0 Å². The smallest absolute Gasteiger partial charge is 0.266 e. The number of aliphatic hydroxyl groups excluding tert-OH is 2. The van der Waals surface area contributed by atoms with Crippen LogP contribution in [0.15, 0.2) is 0 Å². The van der Waals surface area contributed by atoms with Gasteiger partial charge in [0.15, 0.2) is 0 Å². The molecular weight excluding hydrogens is 647 g/mol. The van der Waals surface area contributed by atoms with Crippen LogP contribution in [0.2, 0.25) is 0 Å². The van der Waals surface area contributed by atoms with E-state index in [1.165, 1.54) is 167 Å². The van der Waals surface area contributed by atoms with Crippen LogP contribution in [-0.2, 0) is 14.9 Å². The van der Waals surface area contributed by atoms with Gasteiger partial charge in [0.1, 0.15) is 6.10 Å². The predicted octanol–water partition coefficient (Wildman–Crippen LogP) is 11.8. The highest BCUT2D eigenvalue weighted by atomic mass is 32.2. The molecule has 0 bridgehead atoms. The molecule has 8 heteroatoms. The van der Waals surface area contributed by atoms with Crippen LogP contribution in [0.1, 0.15) is 239 Å². The maximum absolute atomic E-state index is 12.6. The van der Waals surface area contributed by atoms with Gasteiger partial charge in [-0.05, 0) is 12.8 Å². The maximum atomic E-state index is 12.6. The molecule has 0 aliphatic carbocycles. The molecule has 0 spiro atoms. The molecule has 4 N–H and O–H groups in total. The molecule has 0 aromatic heterocycles. The van der Waals surface area contributed by atoms with Gasteiger partial charge in [-0.25, -0.2) is 0 Å². The molecule has 0 aromatic rings. The van der Waals surface area contributed by atoms with Crippen molar-refractivity contribution < 1.29 is 28.0 Å². The molecule has 0 rings (SSSR count). The van der Waals surface area contributed by atoms with Crippen molar-refractivity contribution in [1.29, 1.82) is 0 Å². The Hall–Kier alpha value is -0.700. The van der Waals surface area contributed by atoms with Gasteiger partial charge in [0.25, 0.3) is 10.1 Å². The molecule has 0 aromatic carbocycles. The Kier molecular flexibility index (Phi) is 36.1. The van der Waals surface area contributed by atoms with E-state index in [-0.39, 0.29) is 0 Å². The first kappa shape index (κ1) is 49.3. The summed E-state index contributed by atoms with van der Waals surface area (Å²) in [6.07, 6.45) is 39.8. The third kappa shape index (κ3) is 35.7. The van der Waals surface area contributed by atoms with E-state index >= 15 is 0 Å². The number of amides is 1. The number of carbonyl (C=O) groups excluding carboxylic acids is 1. The maximum Gasteiger partial charge on any atom is 0.266 e. The van der Waals surface area contributed by atoms with Gasteiger partial charge < -0.3 is 15.5 Å². The average molecular weight is 732 g/mol. The van der Waals surface area contributed by atoms with Crippen molar-refractivity contribution >= 4 is 16.0 Å². The molecule has 3 atom stereocenters. The van der Waals surface area contributed by atoms with Crippen LogP contribution in [0.25, 0.3) is 0 Å². The molecular formula is C42H85NO6S. The molecule has 300 valence electrons. The van der Waals surface area contributed by atoms with E-state index < -0.39 is 40.0 Å². The summed E-state index contributed by atoms with van der Waals surface area (Å²) in [5.74, 6) is -1.44. The highest BCUT2D eigenvalue weighted by Crippen LogP contribution is 2.17. The standard InChI is InChI=1S/C42H85NO6S/c1-3-5-7-9-11-13-15-17-18-19-20-21-22-23-25-26-28-30-32-34-36-40(44)39(38-50(47,48)49)43-42(46)41(45)37-35-33-31-29-27-24-16-14-12-10-8-6-4-2/h39-41,44-45H,3-38H2,1-2H3,(H,43,46)(H,47,48,49). The summed E-state index contributed by atoms with van der Waals surface area (Å²) < 4.78 is 32.6. The number of aliphatic hydroxyl groups is 2. The molecule has 7 nitrogen and oxygen atoms in total. The van der Waals surface area contributed by atoms with Crippen LogP contribution in [0, 0.1) is 0 Å². The quantitative estimate of drug-likeness (QED) is 0.0367. The topological polar surface area (TPSA) is 124 Å². The zero-order chi connectivity index (χ0) is 37.0. The lowest BCUT2D eigenvalue weighted by Gasteiger charge is -2.24. The van der Waals surface area contributed by atoms with Crippen molar-refractivity contribution in [3.05, 3.63) is 0 Å². The fraction of sp³-hybridized carbons (Fsp3) is 0.976. The first-order valence-corrected chi connectivity index (χ1v) is 23.4. The second-order valence-corrected chi connectivity index (χ2v) is 17.0. The van der Waals surface area contributed by atoms with E-state index in [4.69, 9.17) is 0 Å². The van der Waals surface area contributed by atoms with Crippen LogP contribution in [0.4, 0.5) is 0 Å². The fourth-order valence-corrected chi connectivity index (χ4v) is 7.81. The first-order chi connectivity index (χ1) is 24.2. The van der Waals surface area contributed by atoms with Gasteiger partial charge in [-0.15, -0.1) is 0 Å². The summed E-state index contributed by atoms with van der Waals surface area (Å²) in [5.41, 5.74) is 0. The zero-order valence-corrected chi connectivity index (χ0v) is 34.0. The van der Waals surface area contributed by atoms with Crippen molar-refractivity contribution in [3.63, 3.8) is 0 Å². The Morgan fingerprint density at radius 2 is 0.720 bits per heavy atom. The van der Waals surface area contributed by atoms with Gasteiger partial charge in [0, 0.05) is 0 Å². The third-order valence-corrected chi connectivity index (χ3v) is 11.2. The van der Waals surface area contributed by atoms with Crippen molar-refractivity contribution in [2.75, 3.05) is 5.75 Å². The number of rotatable bonds is 40. The summed E-state index contributed by atoms with van der Waals surface area (Å²) in [6.45, 7) is 4.52. The van der Waals surface area contributed by atoms with Crippen LogP contribution < -0.4 is 5.32 Å². The predicted molar refractivity (Wildman–Crippen MR) is 213 cm³/mol. The molecule has 0 fully saturated rings. The first-order valence-electron chi connectivity index (χ1n) is 21.8. The van der Waals surface area contributed by atoms with Crippen molar-refractivity contribution in [2.24, 2.45) is 0 Å². The molecule has 0 aliphatic rings. The minimum atomic E-state index is -4.40. The normalized spacial score (nSPS) is 13.8.